The van der Waals surface area contributed by atoms with Crippen molar-refractivity contribution in [3.8, 4) is 28.5 Å². The molecule has 1 aliphatic carbocycles. The highest BCUT2D eigenvalue weighted by Crippen LogP contribution is 2.36. The van der Waals surface area contributed by atoms with E-state index < -0.39 is 6.17 Å². The highest BCUT2D eigenvalue weighted by atomic mass is 35.5. The number of methoxy groups -OCH3 is 1. The molecule has 48 heavy (non-hydrogen) atoms. The van der Waals surface area contributed by atoms with Gasteiger partial charge < -0.3 is 15.4 Å². The maximum atomic E-state index is 13.7. The predicted octanol–water partition coefficient (Wildman–Crippen LogP) is 7.03. The van der Waals surface area contributed by atoms with Crippen LogP contribution in [0.3, 0.4) is 0 Å². The number of hydrogen-bond donors (Lipinski definition) is 2. The van der Waals surface area contributed by atoms with E-state index in [0.29, 0.717) is 41.0 Å². The lowest BCUT2D eigenvalue weighted by Gasteiger charge is -2.36. The highest BCUT2D eigenvalue weighted by Gasteiger charge is 2.32. The van der Waals surface area contributed by atoms with Crippen molar-refractivity contribution < 1.29 is 13.9 Å². The molecule has 2 N–H and O–H groups in total. The lowest BCUT2D eigenvalue weighted by molar-refractivity contribution is 0.236. The van der Waals surface area contributed by atoms with Crippen molar-refractivity contribution in [2.45, 2.75) is 96.9 Å². The number of carbonyl (C=O) groups excluding carboxylic acids is 1. The predicted molar refractivity (Wildman–Crippen MR) is 185 cm³/mol. The fraction of sp³-hybridized carbons (Fsp3) is 0.500. The molecule has 1 saturated carbocycles. The molecule has 0 radical (unpaired) electrons. The number of pyridine rings is 1. The fourth-order valence-corrected chi connectivity index (χ4v) is 5.90. The van der Waals surface area contributed by atoms with Crippen LogP contribution in [0.25, 0.3) is 22.5 Å². The molecule has 1 atom stereocenters. The molecule has 12 nitrogen and oxygen atoms in total. The minimum absolute atomic E-state index is 0.0828. The van der Waals surface area contributed by atoms with Gasteiger partial charge in [-0.2, -0.15) is 5.10 Å². The van der Waals surface area contributed by atoms with Gasteiger partial charge in [0.15, 0.2) is 0 Å². The number of amides is 2. The zero-order valence-electron chi connectivity index (χ0n) is 28.5. The van der Waals surface area contributed by atoms with E-state index in [0.717, 1.165) is 29.5 Å². The first kappa shape index (κ1) is 34.9. The van der Waals surface area contributed by atoms with Crippen LogP contribution in [0.5, 0.6) is 6.01 Å². The van der Waals surface area contributed by atoms with Gasteiger partial charge in [0.1, 0.15) is 23.4 Å². The summed E-state index contributed by atoms with van der Waals surface area (Å²) in [4.78, 5) is 37.6. The van der Waals surface area contributed by atoms with Crippen molar-refractivity contribution >= 4 is 29.4 Å². The lowest BCUT2D eigenvalue weighted by Crippen LogP contribution is -2.50. The maximum Gasteiger partial charge on any atom is 0.323 e. The first-order valence-electron chi connectivity index (χ1n) is 16.3. The number of ether oxygens (including phenoxy) is 1. The second-order valence-corrected chi connectivity index (χ2v) is 13.9. The van der Waals surface area contributed by atoms with E-state index in [1.54, 1.807) is 29.6 Å². The first-order valence-corrected chi connectivity index (χ1v) is 16.6. The Morgan fingerprint density at radius 2 is 1.71 bits per heavy atom. The van der Waals surface area contributed by atoms with E-state index in [9.17, 15) is 9.18 Å². The summed E-state index contributed by atoms with van der Waals surface area (Å²) in [5.41, 5.74) is 3.62. The van der Waals surface area contributed by atoms with Gasteiger partial charge in [-0.25, -0.2) is 34.1 Å². The van der Waals surface area contributed by atoms with E-state index in [2.05, 4.69) is 65.2 Å². The molecule has 1 fully saturated rings. The van der Waals surface area contributed by atoms with Gasteiger partial charge in [0.2, 0.25) is 5.95 Å². The summed E-state index contributed by atoms with van der Waals surface area (Å²) < 4.78 is 20.6. The molecule has 0 aliphatic heterocycles. The number of carbonyl (C=O) groups is 1. The minimum Gasteiger partial charge on any atom is -0.467 e. The van der Waals surface area contributed by atoms with Gasteiger partial charge in [0.25, 0.3) is 0 Å². The fourth-order valence-electron chi connectivity index (χ4n) is 5.68. The number of aromatic nitrogens is 7. The van der Waals surface area contributed by atoms with Crippen LogP contribution in [-0.4, -0.2) is 72.6 Å². The number of nitrogens with zero attached hydrogens (tertiary/aromatic N) is 8. The Hall–Kier alpha value is -4.39. The minimum atomic E-state index is -1.18. The van der Waals surface area contributed by atoms with Crippen LogP contribution in [0.1, 0.15) is 78.8 Å². The van der Waals surface area contributed by atoms with Crippen LogP contribution in [0.2, 0.25) is 5.02 Å². The average Bonchev–Trinajstić information content (AvgIpc) is 3.46. The van der Waals surface area contributed by atoms with Crippen LogP contribution >= 0.6 is 11.6 Å². The van der Waals surface area contributed by atoms with E-state index in [-0.39, 0.29) is 42.1 Å². The molecular weight excluding hydrogens is 635 g/mol. The molecule has 256 valence electrons. The van der Waals surface area contributed by atoms with E-state index in [1.165, 1.54) is 14.0 Å². The molecule has 0 spiro atoms. The van der Waals surface area contributed by atoms with Gasteiger partial charge in [0, 0.05) is 65.8 Å². The maximum absolute atomic E-state index is 13.7. The van der Waals surface area contributed by atoms with Crippen LogP contribution in [0, 0.1) is 0 Å². The Bertz CT molecular complexity index is 1680. The molecule has 5 rings (SSSR count). The Balaban J connectivity index is 1.32. The topological polar surface area (TPSA) is 136 Å². The number of hydrogen-bond acceptors (Lipinski definition) is 9. The molecular formula is C34H44ClFN10O2. The van der Waals surface area contributed by atoms with Crippen molar-refractivity contribution in [1.29, 1.82) is 0 Å². The molecule has 1 unspecified atom stereocenters. The van der Waals surface area contributed by atoms with Crippen LogP contribution < -0.4 is 20.3 Å². The Morgan fingerprint density at radius 3 is 2.27 bits per heavy atom. The number of rotatable bonds is 10. The summed E-state index contributed by atoms with van der Waals surface area (Å²) in [7, 11) is 1.51. The summed E-state index contributed by atoms with van der Waals surface area (Å²) in [5, 5.41) is 11.5. The number of halogens is 2. The third kappa shape index (κ3) is 8.18. The zero-order valence-corrected chi connectivity index (χ0v) is 29.3. The SMILES string of the molecule is COc1ncc(-c2ccc(N(C(=O)NCC(C)F)C3CCC(Nc4ncc(C(C)(C)C)c(-c5nn(C(C)C)cc5Cl)n4)CC3)nc2)cn1. The number of nitrogens with one attached hydrogen (secondary N) is 2. The Kier molecular flexibility index (Phi) is 10.8. The third-order valence-electron chi connectivity index (χ3n) is 8.32. The molecule has 2 amide bonds. The van der Waals surface area contributed by atoms with Crippen LogP contribution in [0.4, 0.5) is 21.0 Å². The number of anilines is 2. The molecule has 4 heterocycles. The summed E-state index contributed by atoms with van der Waals surface area (Å²) in [6, 6.07) is 3.65. The smallest absolute Gasteiger partial charge is 0.323 e. The van der Waals surface area contributed by atoms with E-state index >= 15 is 0 Å². The number of urea groups is 1. The van der Waals surface area contributed by atoms with Gasteiger partial charge in [-0.05, 0) is 64.0 Å². The Labute approximate surface area is 285 Å². The molecule has 0 saturated heterocycles. The third-order valence-corrected chi connectivity index (χ3v) is 8.60. The van der Waals surface area contributed by atoms with Gasteiger partial charge in [-0.3, -0.25) is 9.58 Å². The molecule has 4 aromatic rings. The summed E-state index contributed by atoms with van der Waals surface area (Å²) >= 11 is 6.66. The lowest BCUT2D eigenvalue weighted by atomic mass is 9.86. The normalized spacial score (nSPS) is 17.2. The monoisotopic (exact) mass is 678 g/mol. The zero-order chi connectivity index (χ0) is 34.6. The Morgan fingerprint density at radius 1 is 1.02 bits per heavy atom. The van der Waals surface area contributed by atoms with Crippen molar-refractivity contribution in [3.63, 3.8) is 0 Å². The summed E-state index contributed by atoms with van der Waals surface area (Å²) in [6.07, 6.45) is 10.4. The van der Waals surface area contributed by atoms with Gasteiger partial charge in [0.05, 0.1) is 18.7 Å². The second-order valence-electron chi connectivity index (χ2n) is 13.5. The van der Waals surface area contributed by atoms with E-state index in [4.69, 9.17) is 26.4 Å². The average molecular weight is 679 g/mol. The molecule has 0 aromatic carbocycles. The molecule has 0 bridgehead atoms. The highest BCUT2D eigenvalue weighted by molar-refractivity contribution is 6.33. The van der Waals surface area contributed by atoms with Gasteiger partial charge in [-0.15, -0.1) is 0 Å². The summed E-state index contributed by atoms with van der Waals surface area (Å²) in [5.74, 6) is 0.986. The quantitative estimate of drug-likeness (QED) is 0.181. The molecule has 1 aliphatic rings. The standard InChI is InChI=1S/C34H44ClFN10O2/c1-20(2)45-19-27(35)30(44-45)29-26(34(4,5)6)18-38-31(43-29)42-24-9-11-25(12-10-24)46(33(47)41-14-21(3)36)28-13-8-22(15-37-28)23-16-39-32(48-7)40-17-23/h8,13,15-21,24-25H,9-12,14H2,1-7H3,(H,41,47)(H,38,42,43). The van der Waals surface area contributed by atoms with Crippen molar-refractivity contribution in [3.05, 3.63) is 53.7 Å². The summed E-state index contributed by atoms with van der Waals surface area (Å²) in [6.45, 7) is 11.8. The van der Waals surface area contributed by atoms with Crippen molar-refractivity contribution in [1.82, 2.24) is 40.0 Å². The number of alkyl halides is 1. The van der Waals surface area contributed by atoms with Crippen molar-refractivity contribution in [2.75, 3.05) is 23.9 Å². The van der Waals surface area contributed by atoms with Gasteiger partial charge >= 0.3 is 12.0 Å². The largest absolute Gasteiger partial charge is 0.467 e. The second kappa shape index (κ2) is 14.8. The van der Waals surface area contributed by atoms with E-state index in [1.807, 2.05) is 23.1 Å². The molecule has 14 heteroatoms. The first-order chi connectivity index (χ1) is 22.8. The molecule has 4 aromatic heterocycles. The van der Waals surface area contributed by atoms with Crippen LogP contribution in [0.15, 0.2) is 43.1 Å². The van der Waals surface area contributed by atoms with Crippen LogP contribution in [-0.2, 0) is 5.41 Å². The van der Waals surface area contributed by atoms with Gasteiger partial charge in [-0.1, -0.05) is 32.4 Å². The van der Waals surface area contributed by atoms with Crippen molar-refractivity contribution in [2.24, 2.45) is 0 Å².